The SMILES string of the molecule is COc1cccc(C2=NO[C@H]3C(=O)N(c4c(C)cccc4C)C(=O)[C@@H]23)c1OC. The van der Waals surface area contributed by atoms with Crippen molar-refractivity contribution in [3.8, 4) is 11.5 Å². The normalized spacial score (nSPS) is 20.7. The molecule has 7 nitrogen and oxygen atoms in total. The van der Waals surface area contributed by atoms with E-state index in [9.17, 15) is 9.59 Å². The lowest BCUT2D eigenvalue weighted by Gasteiger charge is -2.20. The van der Waals surface area contributed by atoms with Crippen molar-refractivity contribution in [2.75, 3.05) is 19.1 Å². The number of fused-ring (bicyclic) bond motifs is 1. The number of methoxy groups -OCH3 is 2. The fourth-order valence-corrected chi connectivity index (χ4v) is 3.87. The van der Waals surface area contributed by atoms with Crippen molar-refractivity contribution in [1.29, 1.82) is 0 Å². The summed E-state index contributed by atoms with van der Waals surface area (Å²) in [5, 5.41) is 4.06. The van der Waals surface area contributed by atoms with Crippen LogP contribution in [0.1, 0.15) is 16.7 Å². The topological polar surface area (TPSA) is 77.4 Å². The molecular weight excluding hydrogens is 360 g/mol. The first-order valence-corrected chi connectivity index (χ1v) is 8.88. The van der Waals surface area contributed by atoms with E-state index in [0.717, 1.165) is 11.1 Å². The Morgan fingerprint density at radius 1 is 0.964 bits per heavy atom. The van der Waals surface area contributed by atoms with Crippen LogP contribution in [0.4, 0.5) is 5.69 Å². The van der Waals surface area contributed by atoms with Gasteiger partial charge in [0, 0.05) is 5.56 Å². The van der Waals surface area contributed by atoms with Gasteiger partial charge < -0.3 is 14.3 Å². The van der Waals surface area contributed by atoms with E-state index >= 15 is 0 Å². The summed E-state index contributed by atoms with van der Waals surface area (Å²) in [4.78, 5) is 33.0. The lowest BCUT2D eigenvalue weighted by molar-refractivity contribution is -0.126. The average Bonchev–Trinajstić information content (AvgIpc) is 3.22. The molecule has 2 aromatic rings. The van der Waals surface area contributed by atoms with Crippen LogP contribution in [-0.4, -0.2) is 37.8 Å². The maximum absolute atomic E-state index is 13.3. The van der Waals surface area contributed by atoms with Crippen LogP contribution in [0.25, 0.3) is 0 Å². The van der Waals surface area contributed by atoms with E-state index in [1.807, 2.05) is 32.0 Å². The predicted molar refractivity (Wildman–Crippen MR) is 103 cm³/mol. The van der Waals surface area contributed by atoms with E-state index in [0.29, 0.717) is 28.5 Å². The Labute approximate surface area is 162 Å². The Hall–Kier alpha value is -3.35. The molecule has 1 saturated heterocycles. The van der Waals surface area contributed by atoms with E-state index in [1.165, 1.54) is 19.1 Å². The van der Waals surface area contributed by atoms with Crippen LogP contribution in [-0.2, 0) is 14.4 Å². The zero-order valence-corrected chi connectivity index (χ0v) is 16.1. The minimum atomic E-state index is -0.975. The van der Waals surface area contributed by atoms with Gasteiger partial charge in [0.25, 0.3) is 5.91 Å². The number of anilines is 1. The Balaban J connectivity index is 1.78. The Kier molecular flexibility index (Phi) is 4.30. The largest absolute Gasteiger partial charge is 0.493 e. The van der Waals surface area contributed by atoms with Crippen molar-refractivity contribution in [2.24, 2.45) is 11.1 Å². The second kappa shape index (κ2) is 6.67. The van der Waals surface area contributed by atoms with Gasteiger partial charge in [-0.1, -0.05) is 29.4 Å². The highest BCUT2D eigenvalue weighted by Gasteiger charge is 2.57. The molecule has 0 spiro atoms. The third-order valence-corrected chi connectivity index (χ3v) is 5.15. The molecule has 2 atom stereocenters. The summed E-state index contributed by atoms with van der Waals surface area (Å²) < 4.78 is 10.8. The number of para-hydroxylation sites is 2. The number of hydrogen-bond donors (Lipinski definition) is 0. The van der Waals surface area contributed by atoms with Crippen LogP contribution in [0.5, 0.6) is 11.5 Å². The molecule has 4 rings (SSSR count). The number of oxime groups is 1. The summed E-state index contributed by atoms with van der Waals surface area (Å²) in [6.45, 7) is 3.75. The number of aryl methyl sites for hydroxylation is 2. The summed E-state index contributed by atoms with van der Waals surface area (Å²) in [5.74, 6) is -0.637. The first-order chi connectivity index (χ1) is 13.5. The van der Waals surface area contributed by atoms with E-state index in [1.54, 1.807) is 18.2 Å². The molecular formula is C21H20N2O5. The molecule has 2 aliphatic heterocycles. The quantitative estimate of drug-likeness (QED) is 0.762. The molecule has 2 heterocycles. The van der Waals surface area contributed by atoms with Crippen molar-refractivity contribution in [2.45, 2.75) is 20.0 Å². The smallest absolute Gasteiger partial charge is 0.278 e. The summed E-state index contributed by atoms with van der Waals surface area (Å²) >= 11 is 0. The van der Waals surface area contributed by atoms with Gasteiger partial charge in [-0.05, 0) is 37.1 Å². The van der Waals surface area contributed by atoms with Gasteiger partial charge in [-0.3, -0.25) is 9.59 Å². The molecule has 0 aliphatic carbocycles. The number of hydrogen-bond acceptors (Lipinski definition) is 6. The molecule has 0 saturated carbocycles. The summed E-state index contributed by atoms with van der Waals surface area (Å²) in [5.41, 5.74) is 3.23. The van der Waals surface area contributed by atoms with Gasteiger partial charge in [0.2, 0.25) is 12.0 Å². The number of rotatable bonds is 4. The standard InChI is InChI=1S/C21H20N2O5/c1-11-7-5-8-12(2)17(11)23-20(24)15-16(22-28-19(15)21(23)25)13-9-6-10-14(26-3)18(13)27-4/h5-10,15,19H,1-4H3/t15-,19+/m0/s1. The van der Waals surface area contributed by atoms with E-state index in [2.05, 4.69) is 5.16 Å². The number of imide groups is 1. The van der Waals surface area contributed by atoms with Gasteiger partial charge in [-0.25, -0.2) is 4.90 Å². The zero-order valence-electron chi connectivity index (χ0n) is 16.1. The molecule has 0 radical (unpaired) electrons. The second-order valence-electron chi connectivity index (χ2n) is 6.77. The molecule has 0 bridgehead atoms. The number of nitrogens with zero attached hydrogens (tertiary/aromatic N) is 2. The molecule has 2 aromatic carbocycles. The van der Waals surface area contributed by atoms with E-state index in [4.69, 9.17) is 14.3 Å². The molecule has 0 N–H and O–H groups in total. The van der Waals surface area contributed by atoms with Crippen LogP contribution in [0.3, 0.4) is 0 Å². The van der Waals surface area contributed by atoms with Crippen LogP contribution in [0.15, 0.2) is 41.6 Å². The molecule has 2 aliphatic rings. The maximum Gasteiger partial charge on any atom is 0.278 e. The highest BCUT2D eigenvalue weighted by molar-refractivity contribution is 6.33. The third kappa shape index (κ3) is 2.46. The van der Waals surface area contributed by atoms with Crippen molar-refractivity contribution >= 4 is 23.2 Å². The van der Waals surface area contributed by atoms with Crippen molar-refractivity contribution < 1.29 is 23.9 Å². The highest BCUT2D eigenvalue weighted by atomic mass is 16.7. The number of benzene rings is 2. The van der Waals surface area contributed by atoms with Gasteiger partial charge in [0.15, 0.2) is 11.5 Å². The zero-order chi connectivity index (χ0) is 20.0. The Morgan fingerprint density at radius 2 is 1.64 bits per heavy atom. The number of carbonyl (C=O) groups excluding carboxylic acids is 2. The van der Waals surface area contributed by atoms with Crippen molar-refractivity contribution in [3.05, 3.63) is 53.1 Å². The number of carbonyl (C=O) groups is 2. The average molecular weight is 380 g/mol. The van der Waals surface area contributed by atoms with Gasteiger partial charge in [0.05, 0.1) is 19.9 Å². The molecule has 1 fully saturated rings. The van der Waals surface area contributed by atoms with Crippen molar-refractivity contribution in [1.82, 2.24) is 0 Å². The van der Waals surface area contributed by atoms with Crippen molar-refractivity contribution in [3.63, 3.8) is 0 Å². The lowest BCUT2D eigenvalue weighted by Crippen LogP contribution is -2.34. The van der Waals surface area contributed by atoms with Gasteiger partial charge in [-0.2, -0.15) is 0 Å². The van der Waals surface area contributed by atoms with Gasteiger partial charge >= 0.3 is 0 Å². The Morgan fingerprint density at radius 3 is 2.29 bits per heavy atom. The third-order valence-electron chi connectivity index (χ3n) is 5.15. The maximum atomic E-state index is 13.3. The fraction of sp³-hybridized carbons (Fsp3) is 0.286. The molecule has 0 aromatic heterocycles. The minimum Gasteiger partial charge on any atom is -0.493 e. The van der Waals surface area contributed by atoms with Crippen LogP contribution < -0.4 is 14.4 Å². The molecule has 7 heteroatoms. The van der Waals surface area contributed by atoms with Gasteiger partial charge in [-0.15, -0.1) is 0 Å². The first-order valence-electron chi connectivity index (χ1n) is 8.88. The van der Waals surface area contributed by atoms with Crippen LogP contribution >= 0.6 is 0 Å². The first kappa shape index (κ1) is 18.0. The lowest BCUT2D eigenvalue weighted by atomic mass is 9.93. The van der Waals surface area contributed by atoms with Gasteiger partial charge in [0.1, 0.15) is 11.6 Å². The molecule has 144 valence electrons. The van der Waals surface area contributed by atoms with E-state index in [-0.39, 0.29) is 5.91 Å². The molecule has 0 unspecified atom stereocenters. The van der Waals surface area contributed by atoms with Crippen LogP contribution in [0.2, 0.25) is 0 Å². The minimum absolute atomic E-state index is 0.353. The number of amides is 2. The monoisotopic (exact) mass is 380 g/mol. The summed E-state index contributed by atoms with van der Waals surface area (Å²) in [6, 6.07) is 10.9. The highest BCUT2D eigenvalue weighted by Crippen LogP contribution is 2.40. The second-order valence-corrected chi connectivity index (χ2v) is 6.77. The summed E-state index contributed by atoms with van der Waals surface area (Å²) in [7, 11) is 3.05. The van der Waals surface area contributed by atoms with E-state index < -0.39 is 17.9 Å². The number of ether oxygens (including phenoxy) is 2. The molecule has 2 amide bonds. The predicted octanol–water partition coefficient (Wildman–Crippen LogP) is 2.61. The summed E-state index contributed by atoms with van der Waals surface area (Å²) in [6.07, 6.45) is -0.975. The molecule has 28 heavy (non-hydrogen) atoms. The Bertz CT molecular complexity index is 994. The van der Waals surface area contributed by atoms with Crippen LogP contribution in [0, 0.1) is 19.8 Å². The fourth-order valence-electron chi connectivity index (χ4n) is 3.87.